The fourth-order valence-corrected chi connectivity index (χ4v) is 2.73. The van der Waals surface area contributed by atoms with E-state index in [4.69, 9.17) is 23.2 Å². The van der Waals surface area contributed by atoms with E-state index in [1.807, 2.05) is 0 Å². The van der Waals surface area contributed by atoms with Crippen molar-refractivity contribution in [2.75, 3.05) is 0 Å². The number of nitrogens with zero attached hydrogens (tertiary/aromatic N) is 2. The van der Waals surface area contributed by atoms with Crippen molar-refractivity contribution in [3.63, 3.8) is 0 Å². The summed E-state index contributed by atoms with van der Waals surface area (Å²) in [7, 11) is 0. The summed E-state index contributed by atoms with van der Waals surface area (Å²) in [5.74, 6) is 0. The van der Waals surface area contributed by atoms with Crippen LogP contribution in [0.5, 0.6) is 0 Å². The van der Waals surface area contributed by atoms with Gasteiger partial charge in [0.2, 0.25) is 0 Å². The molecule has 0 aliphatic rings. The summed E-state index contributed by atoms with van der Waals surface area (Å²) < 4.78 is 1.24. The van der Waals surface area contributed by atoms with Gasteiger partial charge in [-0.15, -0.1) is 0 Å². The topological polar surface area (TPSA) is 80.9 Å². The van der Waals surface area contributed by atoms with E-state index >= 15 is 0 Å². The molecule has 8 heteroatoms. The Bertz CT molecular complexity index is 1150. The molecule has 3 aromatic rings. The van der Waals surface area contributed by atoms with Crippen LogP contribution in [0.25, 0.3) is 18.3 Å². The number of non-ortho nitro benzene ring substituents is 1. The van der Waals surface area contributed by atoms with Crippen LogP contribution in [0.3, 0.4) is 0 Å². The van der Waals surface area contributed by atoms with Gasteiger partial charge in [-0.3, -0.25) is 20.0 Å². The van der Waals surface area contributed by atoms with Gasteiger partial charge >= 0.3 is 0 Å². The molecule has 126 valence electrons. The summed E-state index contributed by atoms with van der Waals surface area (Å²) in [6.45, 7) is 3.82. The van der Waals surface area contributed by atoms with E-state index in [-0.39, 0.29) is 16.5 Å². The summed E-state index contributed by atoms with van der Waals surface area (Å²) >= 11 is 12.1. The van der Waals surface area contributed by atoms with Gasteiger partial charge in [0.1, 0.15) is 0 Å². The van der Waals surface area contributed by atoms with Crippen molar-refractivity contribution in [3.8, 4) is 5.69 Å². The van der Waals surface area contributed by atoms with Gasteiger partial charge in [0.25, 0.3) is 11.2 Å². The van der Waals surface area contributed by atoms with E-state index < -0.39 is 4.92 Å². The Kier molecular flexibility index (Phi) is 4.48. The maximum Gasteiger partial charge on any atom is 0.279 e. The molecule has 1 aromatic heterocycles. The highest BCUT2D eigenvalue weighted by Gasteiger charge is 2.10. The second-order valence-corrected chi connectivity index (χ2v) is 6.08. The molecule has 6 nitrogen and oxygen atoms in total. The lowest BCUT2D eigenvalue weighted by Gasteiger charge is -2.04. The van der Waals surface area contributed by atoms with Crippen molar-refractivity contribution < 1.29 is 4.92 Å². The normalized spacial score (nSPS) is 11.7. The molecule has 1 heterocycles. The van der Waals surface area contributed by atoms with Gasteiger partial charge in [0, 0.05) is 17.2 Å². The third kappa shape index (κ3) is 3.35. The van der Waals surface area contributed by atoms with Crippen LogP contribution in [0.2, 0.25) is 10.0 Å². The Morgan fingerprint density at radius 2 is 1.96 bits per heavy atom. The van der Waals surface area contributed by atoms with Crippen molar-refractivity contribution >= 4 is 41.5 Å². The molecule has 0 aliphatic heterocycles. The predicted molar refractivity (Wildman–Crippen MR) is 97.8 cm³/mol. The number of rotatable bonds is 3. The minimum absolute atomic E-state index is 0.0619. The first-order valence-corrected chi connectivity index (χ1v) is 7.84. The minimum Gasteiger partial charge on any atom is -0.291 e. The van der Waals surface area contributed by atoms with Gasteiger partial charge in [0.05, 0.1) is 26.2 Å². The molecule has 25 heavy (non-hydrogen) atoms. The molecule has 0 fully saturated rings. The number of hydrogen-bond donors (Lipinski definition) is 1. The molecule has 2 aromatic carbocycles. The maximum atomic E-state index is 12.7. The van der Waals surface area contributed by atoms with Crippen molar-refractivity contribution in [2.24, 2.45) is 0 Å². The van der Waals surface area contributed by atoms with Crippen molar-refractivity contribution in [1.82, 2.24) is 9.78 Å². The summed E-state index contributed by atoms with van der Waals surface area (Å²) in [6, 6.07) is 10.7. The van der Waals surface area contributed by atoms with Gasteiger partial charge in [-0.25, -0.2) is 4.68 Å². The number of nitro benzene ring substituents is 1. The van der Waals surface area contributed by atoms with Crippen LogP contribution in [-0.4, -0.2) is 14.7 Å². The van der Waals surface area contributed by atoms with Gasteiger partial charge in [-0.2, -0.15) is 0 Å². The smallest absolute Gasteiger partial charge is 0.279 e. The minimum atomic E-state index is -0.496. The molecule has 3 rings (SSSR count). The average Bonchev–Trinajstić information content (AvgIpc) is 2.85. The van der Waals surface area contributed by atoms with E-state index in [0.717, 1.165) is 0 Å². The number of aromatic amines is 1. The molecule has 0 bridgehead atoms. The monoisotopic (exact) mass is 375 g/mol. The highest BCUT2D eigenvalue weighted by Crippen LogP contribution is 2.22. The van der Waals surface area contributed by atoms with Crippen LogP contribution >= 0.6 is 23.2 Å². The van der Waals surface area contributed by atoms with Crippen LogP contribution < -0.4 is 16.1 Å². The highest BCUT2D eigenvalue weighted by atomic mass is 35.5. The number of hydrogen-bond acceptors (Lipinski definition) is 3. The van der Waals surface area contributed by atoms with Crippen molar-refractivity contribution in [3.05, 3.63) is 89.1 Å². The summed E-state index contributed by atoms with van der Waals surface area (Å²) in [4.78, 5) is 23.1. The third-order valence-electron chi connectivity index (χ3n) is 3.55. The Labute approximate surface area is 151 Å². The first kappa shape index (κ1) is 17.0. The van der Waals surface area contributed by atoms with Crippen LogP contribution in [0.4, 0.5) is 5.69 Å². The second kappa shape index (κ2) is 6.58. The lowest BCUT2D eigenvalue weighted by molar-refractivity contribution is -0.384. The number of H-pyrrole nitrogens is 1. The Hall–Kier alpha value is -2.83. The van der Waals surface area contributed by atoms with Crippen molar-refractivity contribution in [2.45, 2.75) is 0 Å². The Morgan fingerprint density at radius 3 is 2.68 bits per heavy atom. The molecule has 0 unspecified atom stereocenters. The average molecular weight is 376 g/mol. The van der Waals surface area contributed by atoms with Gasteiger partial charge in [0.15, 0.2) is 0 Å². The lowest BCUT2D eigenvalue weighted by Crippen LogP contribution is -2.34. The quantitative estimate of drug-likeness (QED) is 0.564. The van der Waals surface area contributed by atoms with E-state index in [1.165, 1.54) is 22.9 Å². The van der Waals surface area contributed by atoms with E-state index in [9.17, 15) is 14.9 Å². The first-order chi connectivity index (χ1) is 11.9. The fourth-order valence-electron chi connectivity index (χ4n) is 2.37. The molecular formula is C17H11Cl2N3O3. The maximum absolute atomic E-state index is 12.7. The zero-order chi connectivity index (χ0) is 18.1. The van der Waals surface area contributed by atoms with Gasteiger partial charge in [-0.1, -0.05) is 41.9 Å². The Morgan fingerprint density at radius 1 is 1.20 bits per heavy atom. The standard InChI is InChI=1S/C17H11Cl2N3O3/c1-10-14(8-11-3-2-4-13(7-11)22(24)25)17(23)21(20-10)16-9-12(18)5-6-15(16)19/h2-9,20H,1H2/b14-8-. The second-order valence-electron chi connectivity index (χ2n) is 5.24. The first-order valence-electron chi connectivity index (χ1n) is 7.08. The molecule has 0 atom stereocenters. The molecule has 0 saturated carbocycles. The molecule has 0 radical (unpaired) electrons. The zero-order valence-corrected chi connectivity index (χ0v) is 14.2. The largest absolute Gasteiger partial charge is 0.291 e. The van der Waals surface area contributed by atoms with Crippen LogP contribution in [0.1, 0.15) is 5.56 Å². The predicted octanol–water partition coefficient (Wildman–Crippen LogP) is 2.62. The zero-order valence-electron chi connectivity index (χ0n) is 12.7. The summed E-state index contributed by atoms with van der Waals surface area (Å²) in [5.41, 5.74) is 0.455. The summed E-state index contributed by atoms with van der Waals surface area (Å²) in [6.07, 6.45) is 1.53. The fraction of sp³-hybridized carbons (Fsp3) is 0. The SMILES string of the molecule is C=c1[nH]n(-c2cc(Cl)ccc2Cl)c(=O)/c1=C\c1cccc([N+](=O)[O-])c1. The highest BCUT2D eigenvalue weighted by molar-refractivity contribution is 6.34. The number of nitrogens with one attached hydrogen (secondary N) is 1. The molecule has 0 saturated heterocycles. The number of benzene rings is 2. The van der Waals surface area contributed by atoms with E-state index in [0.29, 0.717) is 26.6 Å². The number of halogens is 2. The number of nitro groups is 1. The molecular weight excluding hydrogens is 365 g/mol. The number of aromatic nitrogens is 2. The molecule has 1 N–H and O–H groups in total. The Balaban J connectivity index is 2.20. The molecule has 0 spiro atoms. The van der Waals surface area contributed by atoms with Gasteiger partial charge in [-0.05, 0) is 29.8 Å². The van der Waals surface area contributed by atoms with E-state index in [2.05, 4.69) is 11.7 Å². The molecule has 0 aliphatic carbocycles. The van der Waals surface area contributed by atoms with Crippen molar-refractivity contribution in [1.29, 1.82) is 0 Å². The molecule has 0 amide bonds. The van der Waals surface area contributed by atoms with Gasteiger partial charge < -0.3 is 0 Å². The third-order valence-corrected chi connectivity index (χ3v) is 4.10. The van der Waals surface area contributed by atoms with Crippen LogP contribution in [-0.2, 0) is 0 Å². The van der Waals surface area contributed by atoms with E-state index in [1.54, 1.807) is 30.3 Å². The van der Waals surface area contributed by atoms with Crippen LogP contribution in [0.15, 0.2) is 47.3 Å². The lowest BCUT2D eigenvalue weighted by atomic mass is 10.2. The summed E-state index contributed by atoms with van der Waals surface area (Å²) in [5, 5.41) is 15.1. The van der Waals surface area contributed by atoms with Crippen LogP contribution in [0, 0.1) is 10.1 Å².